The van der Waals surface area contributed by atoms with Gasteiger partial charge in [0, 0.05) is 20.3 Å². The van der Waals surface area contributed by atoms with Crippen molar-refractivity contribution in [2.24, 2.45) is 5.10 Å². The number of hydrogen-bond acceptors (Lipinski definition) is 7. The highest BCUT2D eigenvalue weighted by molar-refractivity contribution is 6.10. The highest BCUT2D eigenvalue weighted by Gasteiger charge is 2.23. The summed E-state index contributed by atoms with van der Waals surface area (Å²) in [6.45, 7) is 1.00. The van der Waals surface area contributed by atoms with Crippen LogP contribution in [-0.2, 0) is 4.74 Å². The summed E-state index contributed by atoms with van der Waals surface area (Å²) in [6.07, 6.45) is 3.74. The first-order valence-electron chi connectivity index (χ1n) is 9.10. The van der Waals surface area contributed by atoms with Gasteiger partial charge in [-0.1, -0.05) is 12.1 Å². The lowest BCUT2D eigenvalue weighted by atomic mass is 10.2. The number of aromatic nitrogens is 3. The van der Waals surface area contributed by atoms with E-state index in [1.165, 1.54) is 10.9 Å². The molecule has 3 heterocycles. The number of nitrogen functional groups attached to an aromatic ring is 1. The van der Waals surface area contributed by atoms with Gasteiger partial charge in [0.25, 0.3) is 5.91 Å². The average molecular weight is 392 g/mol. The van der Waals surface area contributed by atoms with E-state index in [0.717, 1.165) is 0 Å². The number of hydrogen-bond donors (Lipinski definition) is 2. The number of carbonyl (C=O) groups excluding carboxylic acids is 1. The molecule has 1 amide bonds. The van der Waals surface area contributed by atoms with E-state index < -0.39 is 0 Å². The molecule has 1 aromatic carbocycles. The van der Waals surface area contributed by atoms with Crippen LogP contribution in [0.15, 0.2) is 52.2 Å². The van der Waals surface area contributed by atoms with Crippen molar-refractivity contribution in [2.75, 3.05) is 26.0 Å². The Bertz CT molecular complexity index is 1180. The van der Waals surface area contributed by atoms with Gasteiger partial charge in [0.2, 0.25) is 0 Å². The maximum atomic E-state index is 12.8. The fourth-order valence-electron chi connectivity index (χ4n) is 2.97. The number of furan rings is 1. The monoisotopic (exact) mass is 392 g/mol. The maximum absolute atomic E-state index is 12.8. The molecule has 0 aliphatic rings. The van der Waals surface area contributed by atoms with E-state index in [1.807, 2.05) is 24.3 Å². The highest BCUT2D eigenvalue weighted by atomic mass is 16.5. The Morgan fingerprint density at radius 2 is 2.07 bits per heavy atom. The molecule has 0 aliphatic heterocycles. The van der Waals surface area contributed by atoms with Gasteiger partial charge in [0.15, 0.2) is 5.65 Å². The van der Waals surface area contributed by atoms with Crippen LogP contribution in [0.5, 0.6) is 0 Å². The molecule has 0 fully saturated rings. The summed E-state index contributed by atoms with van der Waals surface area (Å²) in [6, 6.07) is 10.9. The van der Waals surface area contributed by atoms with E-state index >= 15 is 0 Å². The number of benzene rings is 1. The summed E-state index contributed by atoms with van der Waals surface area (Å²) in [5.74, 6) is 0.369. The number of anilines is 1. The standard InChI is InChI=1S/C20H20N6O3/c1-28-10-5-9-22-20(27)16-17-19(25-15-8-3-2-7-14(15)24-17)26(18(16)21)23-12-13-6-4-11-29-13/h2-4,6-8,11-12H,5,9-10,21H2,1H3,(H,22,27). The normalized spacial score (nSPS) is 11.6. The lowest BCUT2D eigenvalue weighted by molar-refractivity contribution is 0.0951. The van der Waals surface area contributed by atoms with Crippen LogP contribution < -0.4 is 11.1 Å². The van der Waals surface area contributed by atoms with Gasteiger partial charge in [-0.25, -0.2) is 9.97 Å². The Balaban J connectivity index is 1.81. The summed E-state index contributed by atoms with van der Waals surface area (Å²) < 4.78 is 11.7. The maximum Gasteiger partial charge on any atom is 0.257 e. The average Bonchev–Trinajstić information content (AvgIpc) is 3.33. The Hall–Kier alpha value is -3.72. The van der Waals surface area contributed by atoms with Gasteiger partial charge in [-0.2, -0.15) is 9.78 Å². The molecule has 29 heavy (non-hydrogen) atoms. The van der Waals surface area contributed by atoms with Gasteiger partial charge in [-0.3, -0.25) is 4.79 Å². The van der Waals surface area contributed by atoms with Gasteiger partial charge >= 0.3 is 0 Å². The van der Waals surface area contributed by atoms with E-state index in [2.05, 4.69) is 20.4 Å². The minimum Gasteiger partial charge on any atom is -0.463 e. The van der Waals surface area contributed by atoms with Crippen molar-refractivity contribution in [2.45, 2.75) is 6.42 Å². The number of rotatable bonds is 7. The number of methoxy groups -OCH3 is 1. The van der Waals surface area contributed by atoms with Crippen molar-refractivity contribution >= 4 is 40.1 Å². The molecular weight excluding hydrogens is 372 g/mol. The fourth-order valence-corrected chi connectivity index (χ4v) is 2.97. The first-order valence-corrected chi connectivity index (χ1v) is 9.10. The van der Waals surface area contributed by atoms with E-state index in [0.29, 0.717) is 47.5 Å². The van der Waals surface area contributed by atoms with Gasteiger partial charge < -0.3 is 20.2 Å². The summed E-state index contributed by atoms with van der Waals surface area (Å²) in [4.78, 5) is 22.1. The summed E-state index contributed by atoms with van der Waals surface area (Å²) in [7, 11) is 1.62. The van der Waals surface area contributed by atoms with Crippen molar-refractivity contribution in [3.05, 3.63) is 54.0 Å². The molecule has 9 nitrogen and oxygen atoms in total. The molecule has 0 radical (unpaired) electrons. The van der Waals surface area contributed by atoms with Crippen LogP contribution in [0.4, 0.5) is 5.82 Å². The second kappa shape index (κ2) is 8.11. The molecule has 0 atom stereocenters. The summed E-state index contributed by atoms with van der Waals surface area (Å²) in [5.41, 5.74) is 8.68. The van der Waals surface area contributed by atoms with Crippen LogP contribution in [0.25, 0.3) is 22.2 Å². The molecule has 4 aromatic rings. The molecule has 4 rings (SSSR count). The van der Waals surface area contributed by atoms with Crippen LogP contribution in [0.3, 0.4) is 0 Å². The molecule has 9 heteroatoms. The number of nitrogens with zero attached hydrogens (tertiary/aromatic N) is 4. The smallest absolute Gasteiger partial charge is 0.257 e. The lowest BCUT2D eigenvalue weighted by Crippen LogP contribution is -2.26. The molecular formula is C20H20N6O3. The van der Waals surface area contributed by atoms with Crippen molar-refractivity contribution in [1.82, 2.24) is 20.0 Å². The molecule has 0 bridgehead atoms. The zero-order valence-corrected chi connectivity index (χ0v) is 15.8. The van der Waals surface area contributed by atoms with Crippen LogP contribution in [0.2, 0.25) is 0 Å². The number of nitrogens with one attached hydrogen (secondary N) is 1. The third-order valence-corrected chi connectivity index (χ3v) is 4.36. The first-order chi connectivity index (χ1) is 14.2. The van der Waals surface area contributed by atoms with E-state index in [1.54, 1.807) is 25.5 Å². The molecule has 3 aromatic heterocycles. The van der Waals surface area contributed by atoms with Crippen LogP contribution >= 0.6 is 0 Å². The molecule has 148 valence electrons. The Labute approximate surface area is 166 Å². The van der Waals surface area contributed by atoms with Crippen molar-refractivity contribution in [3.63, 3.8) is 0 Å². The quantitative estimate of drug-likeness (QED) is 0.368. The SMILES string of the molecule is COCCCNC(=O)c1c(N)n(N=Cc2ccco2)c2nc3ccccc3nc12. The molecule has 0 saturated carbocycles. The number of fused-ring (bicyclic) bond motifs is 2. The van der Waals surface area contributed by atoms with Crippen LogP contribution in [0.1, 0.15) is 22.5 Å². The Morgan fingerprint density at radius 1 is 1.28 bits per heavy atom. The second-order valence-corrected chi connectivity index (χ2v) is 6.32. The zero-order chi connectivity index (χ0) is 20.2. The first kappa shape index (κ1) is 18.6. The Morgan fingerprint density at radius 3 is 2.79 bits per heavy atom. The number of amides is 1. The summed E-state index contributed by atoms with van der Waals surface area (Å²) >= 11 is 0. The minimum atomic E-state index is -0.333. The predicted molar refractivity (Wildman–Crippen MR) is 110 cm³/mol. The van der Waals surface area contributed by atoms with Crippen molar-refractivity contribution < 1.29 is 13.9 Å². The number of nitrogens with two attached hydrogens (primary N) is 1. The third-order valence-electron chi connectivity index (χ3n) is 4.36. The zero-order valence-electron chi connectivity index (χ0n) is 15.8. The van der Waals surface area contributed by atoms with Gasteiger partial charge in [0.05, 0.1) is 23.5 Å². The van der Waals surface area contributed by atoms with Crippen LogP contribution in [-0.4, -0.2) is 47.0 Å². The predicted octanol–water partition coefficient (Wildman–Crippen LogP) is 2.41. The number of ether oxygens (including phenoxy) is 1. The topological polar surface area (TPSA) is 121 Å². The van der Waals surface area contributed by atoms with E-state index in [-0.39, 0.29) is 17.3 Å². The third kappa shape index (κ3) is 3.67. The molecule has 3 N–H and O–H groups in total. The molecule has 0 aliphatic carbocycles. The van der Waals surface area contributed by atoms with Gasteiger partial charge in [0.1, 0.15) is 22.7 Å². The second-order valence-electron chi connectivity index (χ2n) is 6.32. The number of para-hydroxylation sites is 2. The van der Waals surface area contributed by atoms with Crippen molar-refractivity contribution in [1.29, 1.82) is 0 Å². The number of carbonyl (C=O) groups is 1. The lowest BCUT2D eigenvalue weighted by Gasteiger charge is -2.05. The van der Waals surface area contributed by atoms with Gasteiger partial charge in [-0.05, 0) is 30.7 Å². The van der Waals surface area contributed by atoms with E-state index in [4.69, 9.17) is 14.9 Å². The van der Waals surface area contributed by atoms with Gasteiger partial charge in [-0.15, -0.1) is 0 Å². The fraction of sp³-hybridized carbons (Fsp3) is 0.200. The van der Waals surface area contributed by atoms with E-state index in [9.17, 15) is 4.79 Å². The molecule has 0 unspecified atom stereocenters. The van der Waals surface area contributed by atoms with Crippen LogP contribution in [0, 0.1) is 0 Å². The summed E-state index contributed by atoms with van der Waals surface area (Å²) in [5, 5.41) is 7.21. The van der Waals surface area contributed by atoms with Crippen molar-refractivity contribution in [3.8, 4) is 0 Å². The Kier molecular flexibility index (Phi) is 5.21. The largest absolute Gasteiger partial charge is 0.463 e. The molecule has 0 spiro atoms. The highest BCUT2D eigenvalue weighted by Crippen LogP contribution is 2.27. The minimum absolute atomic E-state index is 0.155. The molecule has 0 saturated heterocycles.